The van der Waals surface area contributed by atoms with Crippen LogP contribution in [0.1, 0.15) is 16.2 Å². The number of hydrogen-bond donors (Lipinski definition) is 3. The van der Waals surface area contributed by atoms with Crippen molar-refractivity contribution >= 4 is 16.9 Å². The maximum Gasteiger partial charge on any atom is 0.261 e. The number of halogens is 2. The number of benzene rings is 2. The Bertz CT molecular complexity index is 1230. The minimum Gasteiger partial charge on any atom is -0.351 e. The molecule has 3 N–H and O–H groups in total. The zero-order valence-corrected chi connectivity index (χ0v) is 15.1. The standard InChI is InChI=1S/C21H16F2N4O2/c22-12-5-6-13(15(23)11-12)16-8-7-14(21(29)27-16)20(28)24-10-9-19-25-17-3-1-2-4-18(17)26-19/h1-8,11H,9-10H2,(H,24,28)(H,25,26)(H,27,29). The predicted molar refractivity (Wildman–Crippen MR) is 105 cm³/mol. The van der Waals surface area contributed by atoms with Gasteiger partial charge in [-0.25, -0.2) is 13.8 Å². The molecule has 4 rings (SSSR count). The second-order valence-corrected chi connectivity index (χ2v) is 6.45. The summed E-state index contributed by atoms with van der Waals surface area (Å²) in [5, 5.41) is 2.67. The van der Waals surface area contributed by atoms with Gasteiger partial charge in [0.2, 0.25) is 0 Å². The SMILES string of the molecule is O=C(NCCc1nc2ccccc2[nH]1)c1ccc(-c2ccc(F)cc2F)[nH]c1=O. The van der Waals surface area contributed by atoms with Crippen molar-refractivity contribution in [1.29, 1.82) is 0 Å². The second-order valence-electron chi connectivity index (χ2n) is 6.45. The second kappa shape index (κ2) is 7.67. The fourth-order valence-corrected chi connectivity index (χ4v) is 3.03. The lowest BCUT2D eigenvalue weighted by Crippen LogP contribution is -2.31. The number of aromatic amines is 2. The molecule has 6 nitrogen and oxygen atoms in total. The molecule has 29 heavy (non-hydrogen) atoms. The van der Waals surface area contributed by atoms with Crippen molar-refractivity contribution in [2.24, 2.45) is 0 Å². The molecule has 0 radical (unpaired) electrons. The molecule has 2 aromatic carbocycles. The van der Waals surface area contributed by atoms with Crippen LogP contribution < -0.4 is 10.9 Å². The number of nitrogens with zero attached hydrogens (tertiary/aromatic N) is 1. The quantitative estimate of drug-likeness (QED) is 0.486. The maximum atomic E-state index is 13.9. The van der Waals surface area contributed by atoms with E-state index in [0.29, 0.717) is 6.42 Å². The zero-order chi connectivity index (χ0) is 20.4. The third kappa shape index (κ3) is 3.91. The topological polar surface area (TPSA) is 90.6 Å². The maximum absolute atomic E-state index is 13.9. The Morgan fingerprint density at radius 3 is 2.62 bits per heavy atom. The molecule has 0 atom stereocenters. The molecule has 0 fully saturated rings. The number of nitrogens with one attached hydrogen (secondary N) is 3. The van der Waals surface area contributed by atoms with Crippen LogP contribution in [0, 0.1) is 11.6 Å². The summed E-state index contributed by atoms with van der Waals surface area (Å²) in [6.45, 7) is 0.284. The van der Waals surface area contributed by atoms with Crippen LogP contribution in [-0.2, 0) is 6.42 Å². The molecule has 2 heterocycles. The average molecular weight is 394 g/mol. The van der Waals surface area contributed by atoms with E-state index >= 15 is 0 Å². The molecule has 4 aromatic rings. The Morgan fingerprint density at radius 2 is 1.86 bits per heavy atom. The van der Waals surface area contributed by atoms with E-state index in [-0.39, 0.29) is 23.4 Å². The Labute approximate surface area is 163 Å². The van der Waals surface area contributed by atoms with E-state index in [1.54, 1.807) is 0 Å². The van der Waals surface area contributed by atoms with Crippen LogP contribution in [0.4, 0.5) is 8.78 Å². The van der Waals surface area contributed by atoms with Gasteiger partial charge in [-0.1, -0.05) is 12.1 Å². The van der Waals surface area contributed by atoms with Crippen molar-refractivity contribution in [2.45, 2.75) is 6.42 Å². The normalized spacial score (nSPS) is 11.0. The Hall–Kier alpha value is -3.81. The van der Waals surface area contributed by atoms with Crippen LogP contribution in [0.2, 0.25) is 0 Å². The lowest BCUT2D eigenvalue weighted by molar-refractivity contribution is 0.0952. The molecule has 0 aliphatic heterocycles. The van der Waals surface area contributed by atoms with E-state index in [1.807, 2.05) is 24.3 Å². The molecular formula is C21H16F2N4O2. The zero-order valence-electron chi connectivity index (χ0n) is 15.1. The first-order valence-corrected chi connectivity index (χ1v) is 8.92. The van der Waals surface area contributed by atoms with E-state index in [9.17, 15) is 18.4 Å². The molecule has 8 heteroatoms. The highest BCUT2D eigenvalue weighted by Gasteiger charge is 2.13. The highest BCUT2D eigenvalue weighted by molar-refractivity contribution is 5.94. The number of hydrogen-bond acceptors (Lipinski definition) is 3. The van der Waals surface area contributed by atoms with Crippen LogP contribution in [0.3, 0.4) is 0 Å². The molecule has 1 amide bonds. The number of amides is 1. The fraction of sp³-hybridized carbons (Fsp3) is 0.0952. The number of carbonyl (C=O) groups is 1. The number of rotatable bonds is 5. The van der Waals surface area contributed by atoms with Gasteiger partial charge in [-0.15, -0.1) is 0 Å². The number of fused-ring (bicyclic) bond motifs is 1. The molecule has 0 saturated carbocycles. The van der Waals surface area contributed by atoms with Crippen LogP contribution in [0.5, 0.6) is 0 Å². The first-order chi connectivity index (χ1) is 14.0. The number of H-pyrrole nitrogens is 2. The largest absolute Gasteiger partial charge is 0.351 e. The van der Waals surface area contributed by atoms with E-state index < -0.39 is 23.1 Å². The van der Waals surface area contributed by atoms with Gasteiger partial charge in [-0.3, -0.25) is 9.59 Å². The van der Waals surface area contributed by atoms with Gasteiger partial charge >= 0.3 is 0 Å². The molecule has 0 bridgehead atoms. The van der Waals surface area contributed by atoms with Crippen LogP contribution in [-0.4, -0.2) is 27.4 Å². The van der Waals surface area contributed by atoms with E-state index in [4.69, 9.17) is 0 Å². The number of pyridine rings is 1. The highest BCUT2D eigenvalue weighted by Crippen LogP contribution is 2.20. The van der Waals surface area contributed by atoms with Crippen molar-refractivity contribution in [3.05, 3.63) is 88.0 Å². The summed E-state index contributed by atoms with van der Waals surface area (Å²) in [4.78, 5) is 34.6. The van der Waals surface area contributed by atoms with Gasteiger partial charge in [0, 0.05) is 24.6 Å². The lowest BCUT2D eigenvalue weighted by atomic mass is 10.1. The third-order valence-corrected chi connectivity index (χ3v) is 4.46. The molecule has 0 aliphatic carbocycles. The summed E-state index contributed by atoms with van der Waals surface area (Å²) in [6.07, 6.45) is 0.469. The van der Waals surface area contributed by atoms with Gasteiger partial charge in [-0.05, 0) is 36.4 Å². The van der Waals surface area contributed by atoms with Gasteiger partial charge < -0.3 is 15.3 Å². The van der Waals surface area contributed by atoms with Gasteiger partial charge in [0.25, 0.3) is 11.5 Å². The third-order valence-electron chi connectivity index (χ3n) is 4.46. The number of imidazole rings is 1. The summed E-state index contributed by atoms with van der Waals surface area (Å²) >= 11 is 0. The van der Waals surface area contributed by atoms with Crippen molar-refractivity contribution in [3.63, 3.8) is 0 Å². The molecule has 0 saturated heterocycles. The summed E-state index contributed by atoms with van der Waals surface area (Å²) in [5.41, 5.74) is 1.20. The Balaban J connectivity index is 1.44. The van der Waals surface area contributed by atoms with Crippen LogP contribution >= 0.6 is 0 Å². The van der Waals surface area contributed by atoms with Crippen molar-refractivity contribution in [2.75, 3.05) is 6.54 Å². The van der Waals surface area contributed by atoms with Crippen molar-refractivity contribution in [1.82, 2.24) is 20.3 Å². The van der Waals surface area contributed by atoms with Gasteiger partial charge in [0.05, 0.1) is 16.7 Å². The van der Waals surface area contributed by atoms with E-state index in [1.165, 1.54) is 18.2 Å². The average Bonchev–Trinajstić information content (AvgIpc) is 3.10. The van der Waals surface area contributed by atoms with Crippen LogP contribution in [0.25, 0.3) is 22.3 Å². The molecule has 0 aliphatic rings. The van der Waals surface area contributed by atoms with Crippen molar-refractivity contribution < 1.29 is 13.6 Å². The Morgan fingerprint density at radius 1 is 1.03 bits per heavy atom. The van der Waals surface area contributed by atoms with E-state index in [0.717, 1.165) is 29.0 Å². The van der Waals surface area contributed by atoms with Gasteiger partial charge in [0.1, 0.15) is 23.0 Å². The smallest absolute Gasteiger partial charge is 0.261 e. The molecule has 2 aromatic heterocycles. The minimum absolute atomic E-state index is 0.0420. The summed E-state index contributed by atoms with van der Waals surface area (Å²) in [7, 11) is 0. The fourth-order valence-electron chi connectivity index (χ4n) is 3.03. The number of carbonyl (C=O) groups excluding carboxylic acids is 1. The molecular weight excluding hydrogens is 378 g/mol. The molecule has 146 valence electrons. The Kier molecular flexibility index (Phi) is 4.90. The molecule has 0 spiro atoms. The van der Waals surface area contributed by atoms with Gasteiger partial charge in [0.15, 0.2) is 0 Å². The van der Waals surface area contributed by atoms with Crippen LogP contribution in [0.15, 0.2) is 59.4 Å². The highest BCUT2D eigenvalue weighted by atomic mass is 19.1. The lowest BCUT2D eigenvalue weighted by Gasteiger charge is -2.06. The summed E-state index contributed by atoms with van der Waals surface area (Å²) in [6, 6.07) is 13.4. The first-order valence-electron chi connectivity index (χ1n) is 8.92. The number of aromatic nitrogens is 3. The van der Waals surface area contributed by atoms with Gasteiger partial charge in [-0.2, -0.15) is 0 Å². The minimum atomic E-state index is -0.802. The number of para-hydroxylation sites is 2. The summed E-state index contributed by atoms with van der Waals surface area (Å²) < 4.78 is 26.9. The summed E-state index contributed by atoms with van der Waals surface area (Å²) in [5.74, 6) is -1.34. The monoisotopic (exact) mass is 394 g/mol. The van der Waals surface area contributed by atoms with Crippen molar-refractivity contribution in [3.8, 4) is 11.3 Å². The first kappa shape index (κ1) is 18.5. The molecule has 0 unspecified atom stereocenters. The predicted octanol–water partition coefficient (Wildman–Crippen LogP) is 3.17. The van der Waals surface area contributed by atoms with E-state index in [2.05, 4.69) is 20.3 Å².